The van der Waals surface area contributed by atoms with Crippen LogP contribution in [0.15, 0.2) is 53.0 Å². The minimum absolute atomic E-state index is 0.357. The molecule has 4 heteroatoms. The predicted molar refractivity (Wildman–Crippen MR) is 95.6 cm³/mol. The molecule has 0 radical (unpaired) electrons. The second kappa shape index (κ2) is 7.95. The van der Waals surface area contributed by atoms with Gasteiger partial charge in [-0.2, -0.15) is 0 Å². The molecule has 0 aliphatic carbocycles. The molecule has 0 aromatic heterocycles. The van der Waals surface area contributed by atoms with Gasteiger partial charge in [-0.05, 0) is 34.0 Å². The van der Waals surface area contributed by atoms with Crippen LogP contribution in [0.1, 0.15) is 17.5 Å². The van der Waals surface area contributed by atoms with E-state index in [2.05, 4.69) is 45.1 Å². The summed E-state index contributed by atoms with van der Waals surface area (Å²) in [4.78, 5) is 2.42. The van der Waals surface area contributed by atoms with Gasteiger partial charge in [0.05, 0.1) is 10.6 Å². The van der Waals surface area contributed by atoms with Gasteiger partial charge in [-0.15, -0.1) is 0 Å². The lowest BCUT2D eigenvalue weighted by Crippen LogP contribution is -2.22. The van der Waals surface area contributed by atoms with E-state index in [0.29, 0.717) is 12.7 Å². The normalized spacial score (nSPS) is 18.3. The molecule has 0 spiro atoms. The Morgan fingerprint density at radius 3 is 2.70 bits per heavy atom. The topological polar surface area (TPSA) is 21.7 Å². The van der Waals surface area contributed by atoms with Crippen molar-refractivity contribution in [3.63, 3.8) is 0 Å². The number of methoxy groups -OCH3 is 1. The highest BCUT2D eigenvalue weighted by Crippen LogP contribution is 2.31. The number of likely N-dealkylation sites (tertiary alicyclic amines) is 1. The molecule has 2 aromatic carbocycles. The summed E-state index contributed by atoms with van der Waals surface area (Å²) in [5.41, 5.74) is 2.39. The van der Waals surface area contributed by atoms with Crippen molar-refractivity contribution in [2.45, 2.75) is 25.7 Å². The summed E-state index contributed by atoms with van der Waals surface area (Å²) >= 11 is 3.63. The van der Waals surface area contributed by atoms with Crippen LogP contribution < -0.4 is 4.74 Å². The third kappa shape index (κ3) is 4.34. The van der Waals surface area contributed by atoms with E-state index in [1.165, 1.54) is 11.1 Å². The molecule has 122 valence electrons. The Kier molecular flexibility index (Phi) is 5.70. The van der Waals surface area contributed by atoms with Gasteiger partial charge in [-0.3, -0.25) is 4.90 Å². The monoisotopic (exact) mass is 375 g/mol. The maximum atomic E-state index is 6.11. The first-order valence-corrected chi connectivity index (χ1v) is 8.75. The van der Waals surface area contributed by atoms with Crippen LogP contribution in [0.25, 0.3) is 0 Å². The molecule has 1 aliphatic rings. The molecule has 1 atom stereocenters. The third-order valence-corrected chi connectivity index (χ3v) is 4.86. The zero-order valence-electron chi connectivity index (χ0n) is 13.4. The molecule has 0 bridgehead atoms. The van der Waals surface area contributed by atoms with Gasteiger partial charge in [-0.1, -0.05) is 42.5 Å². The van der Waals surface area contributed by atoms with Gasteiger partial charge in [0.15, 0.2) is 0 Å². The highest BCUT2D eigenvalue weighted by atomic mass is 79.9. The van der Waals surface area contributed by atoms with E-state index in [4.69, 9.17) is 9.47 Å². The molecular weight excluding hydrogens is 354 g/mol. The molecule has 1 aliphatic heterocycles. The first-order valence-electron chi connectivity index (χ1n) is 7.95. The number of hydrogen-bond donors (Lipinski definition) is 0. The summed E-state index contributed by atoms with van der Waals surface area (Å²) in [7, 11) is 1.79. The number of rotatable bonds is 6. The molecule has 3 rings (SSSR count). The Balaban J connectivity index is 1.69. The fourth-order valence-corrected chi connectivity index (χ4v) is 3.47. The summed E-state index contributed by atoms with van der Waals surface area (Å²) in [6.07, 6.45) is 1.46. The van der Waals surface area contributed by atoms with Crippen LogP contribution in [0.3, 0.4) is 0 Å². The van der Waals surface area contributed by atoms with Crippen LogP contribution in [-0.2, 0) is 17.9 Å². The maximum Gasteiger partial charge on any atom is 0.138 e. The van der Waals surface area contributed by atoms with E-state index in [9.17, 15) is 0 Å². The second-order valence-electron chi connectivity index (χ2n) is 5.88. The Hall–Kier alpha value is -1.36. The summed E-state index contributed by atoms with van der Waals surface area (Å²) in [6.45, 7) is 3.53. The van der Waals surface area contributed by atoms with Gasteiger partial charge in [0.25, 0.3) is 0 Å². The standard InChI is InChI=1S/C19H22BrNO2/c1-22-17-10-11-21(13-17)12-16-8-5-9-18(20)19(16)23-14-15-6-3-2-4-7-15/h2-9,17H,10-14H2,1H3. The number of para-hydroxylation sites is 1. The molecule has 0 amide bonds. The van der Waals surface area contributed by atoms with E-state index in [1.54, 1.807) is 7.11 Å². The van der Waals surface area contributed by atoms with E-state index < -0.39 is 0 Å². The maximum absolute atomic E-state index is 6.11. The smallest absolute Gasteiger partial charge is 0.138 e. The minimum Gasteiger partial charge on any atom is -0.487 e. The van der Waals surface area contributed by atoms with Crippen molar-refractivity contribution >= 4 is 15.9 Å². The zero-order chi connectivity index (χ0) is 16.1. The lowest BCUT2D eigenvalue weighted by molar-refractivity contribution is 0.107. The van der Waals surface area contributed by atoms with Gasteiger partial charge < -0.3 is 9.47 Å². The van der Waals surface area contributed by atoms with Crippen molar-refractivity contribution in [1.82, 2.24) is 4.90 Å². The molecule has 0 N–H and O–H groups in total. The fraction of sp³-hybridized carbons (Fsp3) is 0.368. The average Bonchev–Trinajstić information content (AvgIpc) is 3.03. The summed E-state index contributed by atoms with van der Waals surface area (Å²) in [5, 5.41) is 0. The molecule has 1 fully saturated rings. The van der Waals surface area contributed by atoms with Crippen molar-refractivity contribution < 1.29 is 9.47 Å². The number of nitrogens with zero attached hydrogens (tertiary/aromatic N) is 1. The van der Waals surface area contributed by atoms with Crippen LogP contribution in [0.2, 0.25) is 0 Å². The Labute approximate surface area is 146 Å². The predicted octanol–water partition coefficient (Wildman–Crippen LogP) is 4.25. The SMILES string of the molecule is COC1CCN(Cc2cccc(Br)c2OCc2ccccc2)C1. The molecule has 0 saturated carbocycles. The zero-order valence-corrected chi connectivity index (χ0v) is 15.0. The molecule has 23 heavy (non-hydrogen) atoms. The van der Waals surface area contributed by atoms with Crippen LogP contribution >= 0.6 is 15.9 Å². The van der Waals surface area contributed by atoms with Crippen molar-refractivity contribution in [3.8, 4) is 5.75 Å². The Bertz CT molecular complexity index is 633. The number of halogens is 1. The minimum atomic E-state index is 0.357. The van der Waals surface area contributed by atoms with Crippen LogP contribution in [0, 0.1) is 0 Å². The van der Waals surface area contributed by atoms with Crippen molar-refractivity contribution in [3.05, 3.63) is 64.1 Å². The Morgan fingerprint density at radius 2 is 1.96 bits per heavy atom. The highest BCUT2D eigenvalue weighted by molar-refractivity contribution is 9.10. The molecule has 2 aromatic rings. The Morgan fingerprint density at radius 1 is 1.13 bits per heavy atom. The number of hydrogen-bond acceptors (Lipinski definition) is 3. The van der Waals surface area contributed by atoms with Crippen LogP contribution in [0.4, 0.5) is 0 Å². The average molecular weight is 376 g/mol. The van der Waals surface area contributed by atoms with Gasteiger partial charge in [-0.25, -0.2) is 0 Å². The van der Waals surface area contributed by atoms with Crippen molar-refractivity contribution in [2.75, 3.05) is 20.2 Å². The summed E-state index contributed by atoms with van der Waals surface area (Å²) in [6, 6.07) is 16.5. The van der Waals surface area contributed by atoms with Gasteiger partial charge in [0.2, 0.25) is 0 Å². The number of ether oxygens (including phenoxy) is 2. The largest absolute Gasteiger partial charge is 0.487 e. The molecule has 1 unspecified atom stereocenters. The van der Waals surface area contributed by atoms with E-state index in [-0.39, 0.29) is 0 Å². The highest BCUT2D eigenvalue weighted by Gasteiger charge is 2.23. The van der Waals surface area contributed by atoms with Gasteiger partial charge in [0, 0.05) is 32.3 Å². The summed E-state index contributed by atoms with van der Waals surface area (Å²) in [5.74, 6) is 0.942. The second-order valence-corrected chi connectivity index (χ2v) is 6.74. The lowest BCUT2D eigenvalue weighted by Gasteiger charge is -2.19. The number of benzene rings is 2. The summed E-state index contributed by atoms with van der Waals surface area (Å²) < 4.78 is 12.6. The van der Waals surface area contributed by atoms with Crippen molar-refractivity contribution in [1.29, 1.82) is 0 Å². The van der Waals surface area contributed by atoms with Gasteiger partial charge in [0.1, 0.15) is 12.4 Å². The molecule has 3 nitrogen and oxygen atoms in total. The first kappa shape index (κ1) is 16.5. The first-order chi connectivity index (χ1) is 11.3. The van der Waals surface area contributed by atoms with E-state index in [0.717, 1.165) is 36.3 Å². The quantitative estimate of drug-likeness (QED) is 0.753. The lowest BCUT2D eigenvalue weighted by atomic mass is 10.2. The van der Waals surface area contributed by atoms with Crippen LogP contribution in [-0.4, -0.2) is 31.2 Å². The molecular formula is C19H22BrNO2. The molecule has 1 heterocycles. The van der Waals surface area contributed by atoms with E-state index >= 15 is 0 Å². The van der Waals surface area contributed by atoms with Crippen LogP contribution in [0.5, 0.6) is 5.75 Å². The van der Waals surface area contributed by atoms with Crippen molar-refractivity contribution in [2.24, 2.45) is 0 Å². The van der Waals surface area contributed by atoms with Gasteiger partial charge >= 0.3 is 0 Å². The molecule has 1 saturated heterocycles. The fourth-order valence-electron chi connectivity index (χ4n) is 2.94. The van der Waals surface area contributed by atoms with E-state index in [1.807, 2.05) is 24.3 Å². The third-order valence-electron chi connectivity index (χ3n) is 4.23.